The number of hydrogen-bond acceptors (Lipinski definition) is 0. The molecule has 2 aliphatic rings. The Morgan fingerprint density at radius 3 is 1.32 bits per heavy atom. The van der Waals surface area contributed by atoms with Gasteiger partial charge in [-0.05, 0) is 93.4 Å². The fourth-order valence-corrected chi connectivity index (χ4v) is 11.9. The number of unbranched alkanes of at least 4 members (excludes halogenated alkanes) is 2. The Kier molecular flexibility index (Phi) is 8.00. The maximum absolute atomic E-state index is 2.68. The molecule has 41 heavy (non-hydrogen) atoms. The van der Waals surface area contributed by atoms with Crippen LogP contribution in [-0.2, 0) is 12.8 Å². The van der Waals surface area contributed by atoms with Gasteiger partial charge in [-0.3, -0.25) is 0 Å². The van der Waals surface area contributed by atoms with Crippen LogP contribution in [0.25, 0.3) is 32.6 Å². The predicted octanol–water partition coefficient (Wildman–Crippen LogP) is 11.5. The minimum Gasteiger partial charge on any atom is -0.0655 e. The Balaban J connectivity index is 1.60. The summed E-state index contributed by atoms with van der Waals surface area (Å²) in [7, 11) is -2.14. The smallest absolute Gasteiger partial charge is 0.0655 e. The van der Waals surface area contributed by atoms with Gasteiger partial charge in [0.25, 0.3) is 0 Å². The van der Waals surface area contributed by atoms with Crippen LogP contribution in [0.2, 0.25) is 13.1 Å². The van der Waals surface area contributed by atoms with Crippen molar-refractivity contribution in [1.29, 1.82) is 0 Å². The van der Waals surface area contributed by atoms with Crippen molar-refractivity contribution in [2.75, 3.05) is 0 Å². The van der Waals surface area contributed by atoms with Gasteiger partial charge in [0.2, 0.25) is 0 Å². The van der Waals surface area contributed by atoms with Crippen LogP contribution < -0.4 is 0 Å². The van der Waals surface area contributed by atoms with E-state index in [0.717, 1.165) is 12.8 Å². The van der Waals surface area contributed by atoms with Gasteiger partial charge in [-0.25, -0.2) is 0 Å². The van der Waals surface area contributed by atoms with Crippen molar-refractivity contribution in [2.24, 2.45) is 0 Å². The second-order valence-corrected chi connectivity index (χ2v) is 16.8. The molecule has 6 rings (SSSR count). The Morgan fingerprint density at radius 1 is 0.512 bits per heavy atom. The molecule has 0 nitrogen and oxygen atoms in total. The summed E-state index contributed by atoms with van der Waals surface area (Å²) in [5.74, 6) is 0. The van der Waals surface area contributed by atoms with Crippen LogP contribution in [0.4, 0.5) is 0 Å². The normalized spacial score (nSPS) is 14.5. The number of allylic oxidation sites excluding steroid dienone is 2. The van der Waals surface area contributed by atoms with E-state index in [1.807, 2.05) is 0 Å². The lowest BCUT2D eigenvalue weighted by atomic mass is 9.97. The van der Waals surface area contributed by atoms with E-state index in [1.54, 1.807) is 43.8 Å². The summed E-state index contributed by atoms with van der Waals surface area (Å²) >= 11 is 0. The van der Waals surface area contributed by atoms with Crippen molar-refractivity contribution >= 4 is 18.5 Å². The fraction of sp³-hybridized carbons (Fsp3) is 0.300. The van der Waals surface area contributed by atoms with E-state index < -0.39 is 8.07 Å². The third kappa shape index (κ3) is 5.10. The van der Waals surface area contributed by atoms with Gasteiger partial charge in [-0.15, -0.1) is 0 Å². The zero-order valence-corrected chi connectivity index (χ0v) is 26.4. The molecule has 0 radical (unpaired) electrons. The minimum atomic E-state index is -2.14. The van der Waals surface area contributed by atoms with Crippen molar-refractivity contribution in [3.05, 3.63) is 130 Å². The lowest BCUT2D eigenvalue weighted by molar-refractivity contribution is 0.778. The zero-order valence-electron chi connectivity index (χ0n) is 25.4. The lowest BCUT2D eigenvalue weighted by Gasteiger charge is -2.33. The van der Waals surface area contributed by atoms with Crippen LogP contribution in [0.5, 0.6) is 0 Å². The summed E-state index contributed by atoms with van der Waals surface area (Å²) in [6.45, 7) is 10.0. The predicted molar refractivity (Wildman–Crippen MR) is 182 cm³/mol. The van der Waals surface area contributed by atoms with Crippen LogP contribution in [0.1, 0.15) is 74.6 Å². The minimum absolute atomic E-state index is 1.12. The van der Waals surface area contributed by atoms with Crippen molar-refractivity contribution in [1.82, 2.24) is 0 Å². The summed E-state index contributed by atoms with van der Waals surface area (Å²) in [5, 5.41) is 3.47. The maximum Gasteiger partial charge on any atom is 0.113 e. The van der Waals surface area contributed by atoms with Crippen LogP contribution in [0.15, 0.2) is 108 Å². The quantitative estimate of drug-likeness (QED) is 0.172. The van der Waals surface area contributed by atoms with E-state index in [2.05, 4.69) is 124 Å². The molecule has 0 fully saturated rings. The van der Waals surface area contributed by atoms with Gasteiger partial charge in [-0.1, -0.05) is 148 Å². The van der Waals surface area contributed by atoms with Crippen molar-refractivity contribution in [3.8, 4) is 22.3 Å². The molecule has 4 aromatic carbocycles. The average molecular weight is 553 g/mol. The average Bonchev–Trinajstić information content (AvgIpc) is 3.59. The summed E-state index contributed by atoms with van der Waals surface area (Å²) < 4.78 is 0. The molecule has 208 valence electrons. The van der Waals surface area contributed by atoms with E-state index in [-0.39, 0.29) is 0 Å². The number of hydrogen-bond donors (Lipinski definition) is 0. The van der Waals surface area contributed by atoms with E-state index in [0.29, 0.717) is 0 Å². The van der Waals surface area contributed by atoms with Crippen LogP contribution in [0.3, 0.4) is 0 Å². The Labute approximate surface area is 248 Å². The van der Waals surface area contributed by atoms with E-state index >= 15 is 0 Å². The van der Waals surface area contributed by atoms with E-state index in [4.69, 9.17) is 0 Å². The lowest BCUT2D eigenvalue weighted by Crippen LogP contribution is -2.32. The third-order valence-electron chi connectivity index (χ3n) is 9.40. The Bertz CT molecular complexity index is 1480. The third-order valence-corrected chi connectivity index (χ3v) is 13.1. The van der Waals surface area contributed by atoms with Gasteiger partial charge >= 0.3 is 0 Å². The Hall–Kier alpha value is -3.42. The summed E-state index contributed by atoms with van der Waals surface area (Å²) in [4.78, 5) is 0. The first kappa shape index (κ1) is 27.7. The van der Waals surface area contributed by atoms with E-state index in [1.165, 1.54) is 60.8 Å². The molecule has 0 aromatic heterocycles. The highest BCUT2D eigenvalue weighted by atomic mass is 28.3. The van der Waals surface area contributed by atoms with Crippen LogP contribution >= 0.6 is 0 Å². The molecule has 0 aliphatic heterocycles. The molecule has 0 bridgehead atoms. The molecule has 0 atom stereocenters. The van der Waals surface area contributed by atoms with Crippen molar-refractivity contribution in [3.63, 3.8) is 0 Å². The van der Waals surface area contributed by atoms with Crippen molar-refractivity contribution < 1.29 is 0 Å². The van der Waals surface area contributed by atoms with Crippen LogP contribution in [0, 0.1) is 0 Å². The van der Waals surface area contributed by atoms with Gasteiger partial charge in [0.05, 0.1) is 0 Å². The first-order chi connectivity index (χ1) is 20.0. The molecule has 0 heterocycles. The molecular formula is C40H44Si. The fourth-order valence-electron chi connectivity index (χ4n) is 7.63. The number of benzene rings is 4. The largest absolute Gasteiger partial charge is 0.113 e. The zero-order chi connectivity index (χ0) is 28.4. The highest BCUT2D eigenvalue weighted by Gasteiger charge is 2.43. The second-order valence-electron chi connectivity index (χ2n) is 12.6. The molecular weight excluding hydrogens is 509 g/mol. The van der Waals surface area contributed by atoms with Gasteiger partial charge in [0, 0.05) is 0 Å². The van der Waals surface area contributed by atoms with E-state index in [9.17, 15) is 0 Å². The molecule has 0 saturated heterocycles. The molecule has 0 saturated carbocycles. The Morgan fingerprint density at radius 2 is 0.927 bits per heavy atom. The molecule has 4 aromatic rings. The number of fused-ring (bicyclic) bond motifs is 2. The van der Waals surface area contributed by atoms with Gasteiger partial charge in [-0.2, -0.15) is 0 Å². The highest BCUT2D eigenvalue weighted by molar-refractivity contribution is 7.09. The molecule has 0 amide bonds. The van der Waals surface area contributed by atoms with Crippen LogP contribution in [-0.4, -0.2) is 8.07 Å². The number of rotatable bonds is 10. The molecule has 0 N–H and O–H groups in total. The van der Waals surface area contributed by atoms with Gasteiger partial charge in [0.1, 0.15) is 8.07 Å². The summed E-state index contributed by atoms with van der Waals surface area (Å²) in [6, 6.07) is 36.4. The van der Waals surface area contributed by atoms with Gasteiger partial charge < -0.3 is 0 Å². The molecule has 1 heteroatoms. The SMILES string of the molecule is CCCCC1=C([Si](C)(C)C2=C(CCCC)Cc3cccc(-c4ccccc4)c32)c2c(cccc2-c2ccccc2)C1. The first-order valence-corrected chi connectivity index (χ1v) is 18.8. The van der Waals surface area contributed by atoms with Crippen molar-refractivity contribution in [2.45, 2.75) is 78.3 Å². The standard InChI is InChI=1S/C40H44Si/c1-5-7-17-33-27-31-23-15-25-35(29-19-11-9-12-20-29)37(31)39(33)41(3,4)40-34(18-8-6-2)28-32-24-16-26-36(38(32)40)30-21-13-10-14-22-30/h9-16,19-26H,5-8,17-18,27-28H2,1-4H3. The first-order valence-electron chi connectivity index (χ1n) is 15.8. The molecule has 0 spiro atoms. The second kappa shape index (κ2) is 11.8. The monoisotopic (exact) mass is 552 g/mol. The van der Waals surface area contributed by atoms with Gasteiger partial charge in [0.15, 0.2) is 0 Å². The molecule has 0 unspecified atom stereocenters. The summed E-state index contributed by atoms with van der Waals surface area (Å²) in [6.07, 6.45) is 9.69. The highest BCUT2D eigenvalue weighted by Crippen LogP contribution is 2.53. The maximum atomic E-state index is 2.68. The summed E-state index contributed by atoms with van der Waals surface area (Å²) in [5.41, 5.74) is 15.2. The molecule has 2 aliphatic carbocycles. The topological polar surface area (TPSA) is 0 Å².